The van der Waals surface area contributed by atoms with Crippen molar-refractivity contribution in [3.05, 3.63) is 42.5 Å². The van der Waals surface area contributed by atoms with Crippen molar-refractivity contribution in [2.75, 3.05) is 0 Å². The number of fused-ring (bicyclic) bond motifs is 1. The summed E-state index contributed by atoms with van der Waals surface area (Å²) < 4.78 is 5.58. The topological polar surface area (TPSA) is 13.1 Å². The van der Waals surface area contributed by atoms with Gasteiger partial charge < -0.3 is 10.8 Å². The first-order valence-corrected chi connectivity index (χ1v) is 4.15. The largest absolute Gasteiger partial charge is 0.464 e. The maximum absolute atomic E-state index is 5.58. The molecule has 1 aromatic carbocycles. The van der Waals surface area contributed by atoms with Crippen molar-refractivity contribution < 1.29 is 37.1 Å². The fourth-order valence-corrected chi connectivity index (χ4v) is 1.34. The molecule has 1 radical (unpaired) electrons. The zero-order valence-corrected chi connectivity index (χ0v) is 10.5. The SMILES string of the molecule is C[CH-]Cc1cc2ccccc2o1.[Y]. The van der Waals surface area contributed by atoms with Crippen LogP contribution in [0.5, 0.6) is 0 Å². The first kappa shape index (κ1) is 10.9. The van der Waals surface area contributed by atoms with Crippen molar-refractivity contribution in [1.82, 2.24) is 0 Å². The molecule has 1 aromatic heterocycles. The number of furan rings is 1. The normalized spacial score (nSPS) is 9.92. The molecule has 0 aliphatic carbocycles. The Morgan fingerprint density at radius 2 is 2.08 bits per heavy atom. The molecule has 13 heavy (non-hydrogen) atoms. The number of hydrogen-bond donors (Lipinski definition) is 0. The van der Waals surface area contributed by atoms with Gasteiger partial charge in [-0.15, -0.1) is 6.42 Å². The minimum absolute atomic E-state index is 0. The zero-order valence-electron chi connectivity index (χ0n) is 7.66. The van der Waals surface area contributed by atoms with E-state index in [9.17, 15) is 0 Å². The Kier molecular flexibility index (Phi) is 4.14. The van der Waals surface area contributed by atoms with Crippen LogP contribution in [0.25, 0.3) is 11.0 Å². The van der Waals surface area contributed by atoms with Crippen LogP contribution >= 0.6 is 0 Å². The molecule has 2 heteroatoms. The first-order valence-electron chi connectivity index (χ1n) is 4.15. The number of para-hydroxylation sites is 1. The summed E-state index contributed by atoms with van der Waals surface area (Å²) in [6.45, 7) is 2.03. The summed E-state index contributed by atoms with van der Waals surface area (Å²) in [5.41, 5.74) is 0.981. The minimum atomic E-state index is 0. The van der Waals surface area contributed by atoms with Crippen LogP contribution in [0, 0.1) is 6.42 Å². The molecule has 0 aliphatic heterocycles. The quantitative estimate of drug-likeness (QED) is 0.744. The summed E-state index contributed by atoms with van der Waals surface area (Å²) in [5.74, 6) is 1.04. The van der Waals surface area contributed by atoms with E-state index in [1.807, 2.05) is 25.1 Å². The van der Waals surface area contributed by atoms with E-state index < -0.39 is 0 Å². The Morgan fingerprint density at radius 1 is 1.31 bits per heavy atom. The third kappa shape index (κ3) is 2.41. The summed E-state index contributed by atoms with van der Waals surface area (Å²) >= 11 is 0. The number of rotatable bonds is 2. The molecule has 2 aromatic rings. The molecule has 0 bridgehead atoms. The molecule has 0 N–H and O–H groups in total. The third-order valence-corrected chi connectivity index (χ3v) is 1.88. The summed E-state index contributed by atoms with van der Waals surface area (Å²) in [4.78, 5) is 0. The van der Waals surface area contributed by atoms with Gasteiger partial charge in [0.05, 0.1) is 5.76 Å². The van der Waals surface area contributed by atoms with Crippen LogP contribution in [-0.4, -0.2) is 0 Å². The van der Waals surface area contributed by atoms with Crippen LogP contribution < -0.4 is 0 Å². The molecule has 1 nitrogen and oxygen atoms in total. The van der Waals surface area contributed by atoms with Crippen molar-refractivity contribution >= 4 is 11.0 Å². The Labute approximate surface area is 103 Å². The van der Waals surface area contributed by atoms with Gasteiger partial charge in [0, 0.05) is 38.1 Å². The van der Waals surface area contributed by atoms with E-state index in [4.69, 9.17) is 4.42 Å². The van der Waals surface area contributed by atoms with Crippen LogP contribution in [0.15, 0.2) is 34.7 Å². The van der Waals surface area contributed by atoms with Crippen molar-refractivity contribution in [2.24, 2.45) is 0 Å². The fraction of sp³-hybridized carbons (Fsp3) is 0.182. The van der Waals surface area contributed by atoms with Crippen LogP contribution in [-0.2, 0) is 39.1 Å². The predicted molar refractivity (Wildman–Crippen MR) is 49.9 cm³/mol. The van der Waals surface area contributed by atoms with E-state index in [2.05, 4.69) is 18.6 Å². The molecule has 0 saturated carbocycles. The summed E-state index contributed by atoms with van der Waals surface area (Å²) in [6.07, 6.45) is 3.01. The second kappa shape index (κ2) is 4.92. The summed E-state index contributed by atoms with van der Waals surface area (Å²) in [5, 5.41) is 1.19. The Bertz CT molecular complexity index is 345. The van der Waals surface area contributed by atoms with Gasteiger partial charge in [0.15, 0.2) is 0 Å². The molecule has 0 saturated heterocycles. The Hall–Kier alpha value is -0.136. The van der Waals surface area contributed by atoms with Gasteiger partial charge in [-0.05, 0) is 12.1 Å². The first-order chi connectivity index (χ1) is 5.90. The van der Waals surface area contributed by atoms with Crippen LogP contribution in [0.3, 0.4) is 0 Å². The summed E-state index contributed by atoms with van der Waals surface area (Å²) in [6, 6.07) is 10.2. The van der Waals surface area contributed by atoms with Gasteiger partial charge >= 0.3 is 0 Å². The third-order valence-electron chi connectivity index (χ3n) is 1.88. The number of benzene rings is 1. The molecule has 0 aliphatic rings. The van der Waals surface area contributed by atoms with Gasteiger partial charge in [0.25, 0.3) is 0 Å². The molecule has 0 amide bonds. The monoisotopic (exact) mass is 248 g/mol. The van der Waals surface area contributed by atoms with Gasteiger partial charge in [0.1, 0.15) is 5.58 Å². The average Bonchev–Trinajstić information content (AvgIpc) is 2.47. The van der Waals surface area contributed by atoms with Crippen molar-refractivity contribution in [3.63, 3.8) is 0 Å². The molecular formula is C11H11OY-. The molecular weight excluding hydrogens is 237 g/mol. The average molecular weight is 248 g/mol. The Morgan fingerprint density at radius 3 is 2.77 bits per heavy atom. The van der Waals surface area contributed by atoms with Gasteiger partial charge in [0.2, 0.25) is 0 Å². The van der Waals surface area contributed by atoms with E-state index in [0.717, 1.165) is 17.8 Å². The molecule has 2 rings (SSSR count). The van der Waals surface area contributed by atoms with Crippen molar-refractivity contribution in [1.29, 1.82) is 0 Å². The molecule has 0 atom stereocenters. The maximum atomic E-state index is 5.58. The van der Waals surface area contributed by atoms with Crippen LogP contribution in [0.2, 0.25) is 0 Å². The van der Waals surface area contributed by atoms with Gasteiger partial charge in [-0.25, -0.2) is 0 Å². The molecule has 1 heterocycles. The van der Waals surface area contributed by atoms with Crippen LogP contribution in [0.4, 0.5) is 0 Å². The minimum Gasteiger partial charge on any atom is -0.464 e. The van der Waals surface area contributed by atoms with E-state index >= 15 is 0 Å². The second-order valence-electron chi connectivity index (χ2n) is 2.86. The van der Waals surface area contributed by atoms with Crippen molar-refractivity contribution in [2.45, 2.75) is 13.3 Å². The van der Waals surface area contributed by atoms with Gasteiger partial charge in [-0.2, -0.15) is 6.92 Å². The fourth-order valence-electron chi connectivity index (χ4n) is 1.34. The van der Waals surface area contributed by atoms with Gasteiger partial charge in [-0.1, -0.05) is 18.2 Å². The standard InChI is InChI=1S/C11H11O.Y/c1-2-5-10-8-9-6-3-4-7-11(9)12-10;/h2-4,6-8H,5H2,1H3;/q-1;. The van der Waals surface area contributed by atoms with E-state index in [1.165, 1.54) is 5.39 Å². The second-order valence-corrected chi connectivity index (χ2v) is 2.86. The molecule has 0 spiro atoms. The maximum Gasteiger partial charge on any atom is 0.134 e. The van der Waals surface area contributed by atoms with E-state index in [0.29, 0.717) is 0 Å². The van der Waals surface area contributed by atoms with E-state index in [1.54, 1.807) is 0 Å². The molecule has 0 fully saturated rings. The predicted octanol–water partition coefficient (Wildman–Crippen LogP) is 3.20. The summed E-state index contributed by atoms with van der Waals surface area (Å²) in [7, 11) is 0. The smallest absolute Gasteiger partial charge is 0.134 e. The Balaban J connectivity index is 0.000000845. The zero-order chi connectivity index (χ0) is 8.39. The van der Waals surface area contributed by atoms with Gasteiger partial charge in [-0.3, -0.25) is 0 Å². The van der Waals surface area contributed by atoms with Crippen molar-refractivity contribution in [3.8, 4) is 0 Å². The molecule has 0 unspecified atom stereocenters. The molecule has 65 valence electrons. The van der Waals surface area contributed by atoms with E-state index in [-0.39, 0.29) is 32.7 Å². The van der Waals surface area contributed by atoms with Crippen LogP contribution in [0.1, 0.15) is 12.7 Å². The number of hydrogen-bond acceptors (Lipinski definition) is 1.